The predicted molar refractivity (Wildman–Crippen MR) is 65.7 cm³/mol. The molecule has 0 radical (unpaired) electrons. The van der Waals surface area contributed by atoms with E-state index in [1.54, 1.807) is 0 Å². The molecule has 8 heteroatoms. The summed E-state index contributed by atoms with van der Waals surface area (Å²) in [6.45, 7) is 0. The Morgan fingerprint density at radius 2 is 2.16 bits per heavy atom. The molecule has 1 aliphatic rings. The van der Waals surface area contributed by atoms with Gasteiger partial charge in [0.05, 0.1) is 17.1 Å². The Morgan fingerprint density at radius 1 is 1.42 bits per heavy atom. The number of carbonyl (C=O) groups is 2. The van der Waals surface area contributed by atoms with Gasteiger partial charge in [0.2, 0.25) is 0 Å². The highest BCUT2D eigenvalue weighted by atomic mass is 32.2. The number of aromatic carboxylic acids is 1. The number of carbonyl (C=O) groups excluding carboxylic acids is 1. The molecule has 0 spiro atoms. The molecule has 1 aliphatic heterocycles. The first-order valence-electron chi connectivity index (χ1n) is 5.58. The van der Waals surface area contributed by atoms with Crippen LogP contribution in [0, 0.1) is 0 Å². The average molecular weight is 284 g/mol. The summed E-state index contributed by atoms with van der Waals surface area (Å²) in [5.74, 6) is -2.00. The number of carboxylic acids is 1. The summed E-state index contributed by atoms with van der Waals surface area (Å²) in [6, 6.07) is 2.21. The van der Waals surface area contributed by atoms with Crippen LogP contribution in [0.25, 0.3) is 0 Å². The SMILES string of the molecule is O=C(O)c1cccnc1C(=O)NC1CCS(=O)(=O)C1. The number of hydrogen-bond acceptors (Lipinski definition) is 5. The lowest BCUT2D eigenvalue weighted by molar-refractivity contribution is 0.0689. The third-order valence-corrected chi connectivity index (χ3v) is 4.59. The molecule has 0 aliphatic carbocycles. The van der Waals surface area contributed by atoms with Crippen molar-refractivity contribution in [3.8, 4) is 0 Å². The van der Waals surface area contributed by atoms with Crippen molar-refractivity contribution in [2.75, 3.05) is 11.5 Å². The van der Waals surface area contributed by atoms with E-state index in [0.29, 0.717) is 6.42 Å². The van der Waals surface area contributed by atoms with Gasteiger partial charge < -0.3 is 10.4 Å². The second kappa shape index (κ2) is 4.96. The van der Waals surface area contributed by atoms with Crippen LogP contribution in [0.4, 0.5) is 0 Å². The van der Waals surface area contributed by atoms with Crippen LogP contribution in [0.15, 0.2) is 18.3 Å². The van der Waals surface area contributed by atoms with E-state index in [1.807, 2.05) is 0 Å². The van der Waals surface area contributed by atoms with Crippen molar-refractivity contribution in [3.63, 3.8) is 0 Å². The van der Waals surface area contributed by atoms with Crippen molar-refractivity contribution in [1.82, 2.24) is 10.3 Å². The lowest BCUT2D eigenvalue weighted by Gasteiger charge is -2.11. The number of nitrogens with one attached hydrogen (secondary N) is 1. The molecule has 0 aromatic carbocycles. The van der Waals surface area contributed by atoms with E-state index < -0.39 is 27.8 Å². The van der Waals surface area contributed by atoms with Crippen LogP contribution in [-0.2, 0) is 9.84 Å². The fourth-order valence-electron chi connectivity index (χ4n) is 1.92. The molecule has 1 amide bonds. The maximum absolute atomic E-state index is 11.9. The van der Waals surface area contributed by atoms with Crippen molar-refractivity contribution in [3.05, 3.63) is 29.6 Å². The van der Waals surface area contributed by atoms with Gasteiger partial charge in [-0.2, -0.15) is 0 Å². The molecule has 2 rings (SSSR count). The van der Waals surface area contributed by atoms with Gasteiger partial charge in [0.1, 0.15) is 5.69 Å². The first kappa shape index (κ1) is 13.5. The second-order valence-corrected chi connectivity index (χ2v) is 6.51. The maximum atomic E-state index is 11.9. The highest BCUT2D eigenvalue weighted by Gasteiger charge is 2.30. The number of carboxylic acid groups (broad SMARTS) is 1. The minimum Gasteiger partial charge on any atom is -0.478 e. The fraction of sp³-hybridized carbons (Fsp3) is 0.364. The lowest BCUT2D eigenvalue weighted by atomic mass is 10.1. The number of sulfone groups is 1. The van der Waals surface area contributed by atoms with E-state index in [9.17, 15) is 18.0 Å². The van der Waals surface area contributed by atoms with Crippen LogP contribution >= 0.6 is 0 Å². The Kier molecular flexibility index (Phi) is 3.52. The van der Waals surface area contributed by atoms with Gasteiger partial charge in [-0.3, -0.25) is 9.78 Å². The van der Waals surface area contributed by atoms with Gasteiger partial charge in [-0.1, -0.05) is 0 Å². The van der Waals surface area contributed by atoms with E-state index in [-0.39, 0.29) is 22.8 Å². The Bertz CT molecular complexity index is 626. The number of aromatic nitrogens is 1. The summed E-state index contributed by atoms with van der Waals surface area (Å²) in [4.78, 5) is 26.6. The van der Waals surface area contributed by atoms with Gasteiger partial charge in [0.25, 0.3) is 5.91 Å². The molecule has 19 heavy (non-hydrogen) atoms. The van der Waals surface area contributed by atoms with Crippen LogP contribution in [0.5, 0.6) is 0 Å². The molecule has 2 heterocycles. The molecule has 1 atom stereocenters. The first-order chi connectivity index (χ1) is 8.89. The summed E-state index contributed by atoms with van der Waals surface area (Å²) in [7, 11) is -3.10. The first-order valence-corrected chi connectivity index (χ1v) is 7.41. The van der Waals surface area contributed by atoms with E-state index in [2.05, 4.69) is 10.3 Å². The Labute approximate surface area is 109 Å². The van der Waals surface area contributed by atoms with Gasteiger partial charge in [0.15, 0.2) is 9.84 Å². The zero-order valence-electron chi connectivity index (χ0n) is 9.87. The third kappa shape index (κ3) is 3.08. The highest BCUT2D eigenvalue weighted by Crippen LogP contribution is 2.13. The molecule has 1 saturated heterocycles. The van der Waals surface area contributed by atoms with E-state index in [1.165, 1.54) is 18.3 Å². The average Bonchev–Trinajstić information content (AvgIpc) is 2.68. The zero-order chi connectivity index (χ0) is 14.0. The Balaban J connectivity index is 2.15. The largest absolute Gasteiger partial charge is 0.478 e. The zero-order valence-corrected chi connectivity index (χ0v) is 10.7. The monoisotopic (exact) mass is 284 g/mol. The van der Waals surface area contributed by atoms with Crippen molar-refractivity contribution in [2.24, 2.45) is 0 Å². The summed E-state index contributed by atoms with van der Waals surface area (Å²) >= 11 is 0. The topological polar surface area (TPSA) is 113 Å². The number of nitrogens with zero attached hydrogens (tertiary/aromatic N) is 1. The molecular formula is C11H12N2O5S. The third-order valence-electron chi connectivity index (χ3n) is 2.82. The number of hydrogen-bond donors (Lipinski definition) is 2. The Morgan fingerprint density at radius 3 is 2.74 bits per heavy atom. The van der Waals surface area contributed by atoms with E-state index in [0.717, 1.165) is 0 Å². The molecule has 2 N–H and O–H groups in total. The highest BCUT2D eigenvalue weighted by molar-refractivity contribution is 7.91. The fourth-order valence-corrected chi connectivity index (χ4v) is 3.59. The normalized spacial score (nSPS) is 20.9. The quantitative estimate of drug-likeness (QED) is 0.787. The summed E-state index contributed by atoms with van der Waals surface area (Å²) < 4.78 is 22.5. The number of rotatable bonds is 3. The van der Waals surface area contributed by atoms with Crippen molar-refractivity contribution in [1.29, 1.82) is 0 Å². The van der Waals surface area contributed by atoms with Gasteiger partial charge in [-0.05, 0) is 18.6 Å². The minimum absolute atomic E-state index is 0.0337. The van der Waals surface area contributed by atoms with Crippen molar-refractivity contribution in [2.45, 2.75) is 12.5 Å². The number of pyridine rings is 1. The summed E-state index contributed by atoms with van der Waals surface area (Å²) in [5, 5.41) is 11.4. The summed E-state index contributed by atoms with van der Waals surface area (Å²) in [6.07, 6.45) is 1.65. The van der Waals surface area contributed by atoms with E-state index >= 15 is 0 Å². The van der Waals surface area contributed by atoms with Crippen molar-refractivity contribution < 1.29 is 23.1 Å². The number of amides is 1. The van der Waals surface area contributed by atoms with Crippen LogP contribution < -0.4 is 5.32 Å². The van der Waals surface area contributed by atoms with Crippen LogP contribution in [0.1, 0.15) is 27.3 Å². The standard InChI is InChI=1S/C11H12N2O5S/c14-10(13-7-3-5-19(17,18)6-7)9-8(11(15)16)2-1-4-12-9/h1-2,4,7H,3,5-6H2,(H,13,14)(H,15,16). The van der Waals surface area contributed by atoms with Gasteiger partial charge in [-0.25, -0.2) is 13.2 Å². The summed E-state index contributed by atoms with van der Waals surface area (Å²) in [5.41, 5.74) is -0.417. The van der Waals surface area contributed by atoms with Gasteiger partial charge in [0, 0.05) is 12.2 Å². The molecule has 102 valence electrons. The van der Waals surface area contributed by atoms with Gasteiger partial charge >= 0.3 is 5.97 Å². The lowest BCUT2D eigenvalue weighted by Crippen LogP contribution is -2.36. The molecule has 1 fully saturated rings. The van der Waals surface area contributed by atoms with E-state index in [4.69, 9.17) is 5.11 Å². The maximum Gasteiger partial charge on any atom is 0.338 e. The second-order valence-electron chi connectivity index (χ2n) is 4.28. The predicted octanol–water partition coefficient (Wildman–Crippen LogP) is -0.303. The molecule has 1 unspecified atom stereocenters. The molecular weight excluding hydrogens is 272 g/mol. The molecule has 1 aromatic rings. The molecule has 1 aromatic heterocycles. The van der Waals surface area contributed by atoms with Crippen LogP contribution in [0.3, 0.4) is 0 Å². The smallest absolute Gasteiger partial charge is 0.338 e. The molecule has 7 nitrogen and oxygen atoms in total. The minimum atomic E-state index is -3.10. The van der Waals surface area contributed by atoms with Crippen LogP contribution in [-0.4, -0.2) is 47.9 Å². The van der Waals surface area contributed by atoms with Gasteiger partial charge in [-0.15, -0.1) is 0 Å². The molecule has 0 bridgehead atoms. The Hall–Kier alpha value is -1.96. The van der Waals surface area contributed by atoms with Crippen molar-refractivity contribution >= 4 is 21.7 Å². The van der Waals surface area contributed by atoms with Crippen LogP contribution in [0.2, 0.25) is 0 Å². The molecule has 0 saturated carbocycles.